The SMILES string of the molecule is Cc1ccnc(N2CCC(C(C)(C)C)CC2)c1/C(N)=N/O. The Hall–Kier alpha value is -1.78. The second kappa shape index (κ2) is 5.92. The molecule has 0 saturated carbocycles. The maximum atomic E-state index is 9.00. The first-order chi connectivity index (χ1) is 9.84. The summed E-state index contributed by atoms with van der Waals surface area (Å²) in [7, 11) is 0. The van der Waals surface area contributed by atoms with Crippen LogP contribution in [-0.2, 0) is 0 Å². The number of hydrogen-bond donors (Lipinski definition) is 2. The maximum absolute atomic E-state index is 9.00. The Bertz CT molecular complexity index is 526. The van der Waals surface area contributed by atoms with Crippen LogP contribution in [0.5, 0.6) is 0 Å². The van der Waals surface area contributed by atoms with Crippen molar-refractivity contribution in [2.45, 2.75) is 40.5 Å². The zero-order valence-electron chi connectivity index (χ0n) is 13.4. The summed E-state index contributed by atoms with van der Waals surface area (Å²) in [5.74, 6) is 1.69. The summed E-state index contributed by atoms with van der Waals surface area (Å²) in [4.78, 5) is 6.73. The van der Waals surface area contributed by atoms with Gasteiger partial charge in [0, 0.05) is 19.3 Å². The van der Waals surface area contributed by atoms with Crippen molar-refractivity contribution in [2.24, 2.45) is 22.2 Å². The topological polar surface area (TPSA) is 74.7 Å². The Morgan fingerprint density at radius 2 is 2.00 bits per heavy atom. The lowest BCUT2D eigenvalue weighted by atomic mass is 9.75. The van der Waals surface area contributed by atoms with E-state index in [9.17, 15) is 0 Å². The molecule has 1 aliphatic rings. The van der Waals surface area contributed by atoms with Gasteiger partial charge in [-0.15, -0.1) is 0 Å². The number of anilines is 1. The number of oxime groups is 1. The van der Waals surface area contributed by atoms with Gasteiger partial charge in [0.05, 0.1) is 5.56 Å². The predicted molar refractivity (Wildman–Crippen MR) is 85.9 cm³/mol. The molecule has 3 N–H and O–H groups in total. The lowest BCUT2D eigenvalue weighted by Crippen LogP contribution is -2.39. The number of hydrogen-bond acceptors (Lipinski definition) is 4. The summed E-state index contributed by atoms with van der Waals surface area (Å²) in [5.41, 5.74) is 7.90. The molecule has 1 fully saturated rings. The molecule has 0 spiro atoms. The van der Waals surface area contributed by atoms with E-state index in [1.165, 1.54) is 0 Å². The highest BCUT2D eigenvalue weighted by Crippen LogP contribution is 2.36. The van der Waals surface area contributed by atoms with Gasteiger partial charge in [-0.2, -0.15) is 0 Å². The van der Waals surface area contributed by atoms with Crippen LogP contribution in [0.3, 0.4) is 0 Å². The molecule has 5 nitrogen and oxygen atoms in total. The molecule has 2 heterocycles. The molecule has 1 aromatic heterocycles. The Morgan fingerprint density at radius 3 is 2.52 bits per heavy atom. The van der Waals surface area contributed by atoms with Gasteiger partial charge < -0.3 is 15.8 Å². The molecule has 21 heavy (non-hydrogen) atoms. The van der Waals surface area contributed by atoms with Gasteiger partial charge in [-0.3, -0.25) is 0 Å². The number of rotatable bonds is 2. The average molecular weight is 290 g/mol. The molecule has 0 unspecified atom stereocenters. The van der Waals surface area contributed by atoms with Crippen LogP contribution in [-0.4, -0.2) is 29.1 Å². The highest BCUT2D eigenvalue weighted by molar-refractivity contribution is 6.02. The van der Waals surface area contributed by atoms with Gasteiger partial charge >= 0.3 is 0 Å². The van der Waals surface area contributed by atoms with E-state index in [-0.39, 0.29) is 5.84 Å². The van der Waals surface area contributed by atoms with Gasteiger partial charge in [0.15, 0.2) is 5.84 Å². The van der Waals surface area contributed by atoms with Crippen molar-refractivity contribution in [3.8, 4) is 0 Å². The van der Waals surface area contributed by atoms with Crippen LogP contribution in [0.15, 0.2) is 17.4 Å². The van der Waals surface area contributed by atoms with Crippen LogP contribution >= 0.6 is 0 Å². The fourth-order valence-corrected chi connectivity index (χ4v) is 3.11. The van der Waals surface area contributed by atoms with Crippen molar-refractivity contribution in [3.63, 3.8) is 0 Å². The zero-order valence-corrected chi connectivity index (χ0v) is 13.4. The number of nitrogens with two attached hydrogens (primary N) is 1. The molecule has 5 heteroatoms. The van der Waals surface area contributed by atoms with Gasteiger partial charge in [0.2, 0.25) is 0 Å². The standard InChI is InChI=1S/C16H26N4O/c1-11-5-8-18-15(13(11)14(17)19-21)20-9-6-12(7-10-20)16(2,3)4/h5,8,12,21H,6-7,9-10H2,1-4H3,(H2,17,19). The maximum Gasteiger partial charge on any atom is 0.174 e. The monoisotopic (exact) mass is 290 g/mol. The third-order valence-electron chi connectivity index (χ3n) is 4.52. The molecule has 0 amide bonds. The normalized spacial score (nSPS) is 18.1. The summed E-state index contributed by atoms with van der Waals surface area (Å²) < 4.78 is 0. The van der Waals surface area contributed by atoms with Gasteiger partial charge in [-0.25, -0.2) is 4.98 Å². The highest BCUT2D eigenvalue weighted by Gasteiger charge is 2.30. The predicted octanol–water partition coefficient (Wildman–Crippen LogP) is 2.75. The molecule has 0 aromatic carbocycles. The van der Waals surface area contributed by atoms with Crippen LogP contribution in [0.25, 0.3) is 0 Å². The first kappa shape index (κ1) is 15.6. The van der Waals surface area contributed by atoms with E-state index in [4.69, 9.17) is 10.9 Å². The van der Waals surface area contributed by atoms with Gasteiger partial charge in [0.1, 0.15) is 5.82 Å². The Kier molecular flexibility index (Phi) is 4.40. The van der Waals surface area contributed by atoms with Crippen LogP contribution in [0, 0.1) is 18.3 Å². The van der Waals surface area contributed by atoms with Crippen LogP contribution < -0.4 is 10.6 Å². The Balaban J connectivity index is 2.23. The fraction of sp³-hybridized carbons (Fsp3) is 0.625. The van der Waals surface area contributed by atoms with E-state index in [2.05, 4.69) is 35.8 Å². The van der Waals surface area contributed by atoms with Gasteiger partial charge in [-0.05, 0) is 42.7 Å². The summed E-state index contributed by atoms with van der Waals surface area (Å²) in [6.45, 7) is 10.8. The van der Waals surface area contributed by atoms with Crippen LogP contribution in [0.4, 0.5) is 5.82 Å². The molecule has 1 saturated heterocycles. The molecule has 0 aliphatic carbocycles. The van der Waals surface area contributed by atoms with Crippen molar-refractivity contribution in [1.82, 2.24) is 4.98 Å². The zero-order chi connectivity index (χ0) is 15.6. The van der Waals surface area contributed by atoms with E-state index >= 15 is 0 Å². The van der Waals surface area contributed by atoms with E-state index in [1.54, 1.807) is 6.20 Å². The molecule has 2 rings (SSSR count). The minimum absolute atomic E-state index is 0.133. The summed E-state index contributed by atoms with van der Waals surface area (Å²) in [6, 6.07) is 1.89. The molecule has 0 radical (unpaired) electrons. The van der Waals surface area contributed by atoms with E-state index < -0.39 is 0 Å². The second-order valence-electron chi connectivity index (χ2n) is 6.94. The molecule has 1 aliphatic heterocycles. The molecule has 0 bridgehead atoms. The van der Waals surface area contributed by atoms with Gasteiger partial charge in [-0.1, -0.05) is 25.9 Å². The summed E-state index contributed by atoms with van der Waals surface area (Å²) in [5, 5.41) is 12.2. The van der Waals surface area contributed by atoms with E-state index in [0.29, 0.717) is 5.41 Å². The molecule has 0 atom stereocenters. The highest BCUT2D eigenvalue weighted by atomic mass is 16.4. The van der Waals surface area contributed by atoms with Gasteiger partial charge in [0.25, 0.3) is 0 Å². The smallest absolute Gasteiger partial charge is 0.174 e. The van der Waals surface area contributed by atoms with Crippen LogP contribution in [0.2, 0.25) is 0 Å². The summed E-state index contributed by atoms with van der Waals surface area (Å²) in [6.07, 6.45) is 4.08. The Morgan fingerprint density at radius 1 is 1.38 bits per heavy atom. The minimum atomic E-state index is 0.133. The minimum Gasteiger partial charge on any atom is -0.409 e. The van der Waals surface area contributed by atoms with Crippen molar-refractivity contribution >= 4 is 11.7 Å². The third-order valence-corrected chi connectivity index (χ3v) is 4.52. The van der Waals surface area contributed by atoms with Crippen LogP contribution in [0.1, 0.15) is 44.7 Å². The van der Waals surface area contributed by atoms with E-state index in [0.717, 1.165) is 48.8 Å². The number of piperidine rings is 1. The number of aromatic nitrogens is 1. The average Bonchev–Trinajstić information content (AvgIpc) is 2.45. The van der Waals surface area contributed by atoms with Crippen molar-refractivity contribution < 1.29 is 5.21 Å². The quantitative estimate of drug-likeness (QED) is 0.380. The van der Waals surface area contributed by atoms with E-state index in [1.807, 2.05) is 13.0 Å². The lowest BCUT2D eigenvalue weighted by Gasteiger charge is -2.39. The third kappa shape index (κ3) is 3.28. The number of aryl methyl sites for hydroxylation is 1. The molecular formula is C16H26N4O. The number of nitrogens with zero attached hydrogens (tertiary/aromatic N) is 3. The summed E-state index contributed by atoms with van der Waals surface area (Å²) >= 11 is 0. The largest absolute Gasteiger partial charge is 0.409 e. The van der Waals surface area contributed by atoms with Crippen molar-refractivity contribution in [2.75, 3.05) is 18.0 Å². The first-order valence-electron chi connectivity index (χ1n) is 7.53. The molecule has 1 aromatic rings. The number of pyridine rings is 1. The first-order valence-corrected chi connectivity index (χ1v) is 7.53. The second-order valence-corrected chi connectivity index (χ2v) is 6.94. The van der Waals surface area contributed by atoms with Crippen molar-refractivity contribution in [1.29, 1.82) is 0 Å². The Labute approximate surface area is 126 Å². The fourth-order valence-electron chi connectivity index (χ4n) is 3.11. The molecule has 116 valence electrons. The van der Waals surface area contributed by atoms with Crippen molar-refractivity contribution in [3.05, 3.63) is 23.4 Å². The number of amidine groups is 1. The lowest BCUT2D eigenvalue weighted by molar-refractivity contribution is 0.198. The molecular weight excluding hydrogens is 264 g/mol.